The summed E-state index contributed by atoms with van der Waals surface area (Å²) in [4.78, 5) is 29.2. The van der Waals surface area contributed by atoms with Crippen LogP contribution in [0.4, 0.5) is 0 Å². The molecule has 1 heterocycles. The lowest BCUT2D eigenvalue weighted by Gasteiger charge is -1.96. The molecule has 0 saturated heterocycles. The summed E-state index contributed by atoms with van der Waals surface area (Å²) in [5.74, 6) is -0.204. The highest BCUT2D eigenvalue weighted by atomic mass is 16.5. The number of carbonyl (C=O) groups excluding carboxylic acids is 2. The number of nitrogens with one attached hydrogen (secondary N) is 1. The van der Waals surface area contributed by atoms with Gasteiger partial charge in [-0.15, -0.1) is 0 Å². The van der Waals surface area contributed by atoms with Crippen LogP contribution in [-0.2, 0) is 9.53 Å². The van der Waals surface area contributed by atoms with Crippen molar-refractivity contribution in [3.63, 3.8) is 0 Å². The van der Waals surface area contributed by atoms with Crippen LogP contribution in [0.15, 0.2) is 0 Å². The van der Waals surface area contributed by atoms with E-state index in [1.165, 1.54) is 7.11 Å². The standard InChI is InChI=1S/C9H12N2O3/c1-5-9(11-6(2)10-5)7(12)4-8(13)14-3/h4H2,1-3H3,(H,10,11). The summed E-state index contributed by atoms with van der Waals surface area (Å²) in [7, 11) is 1.25. The van der Waals surface area contributed by atoms with E-state index in [9.17, 15) is 9.59 Å². The Morgan fingerprint density at radius 1 is 1.43 bits per heavy atom. The van der Waals surface area contributed by atoms with Gasteiger partial charge in [-0.05, 0) is 13.8 Å². The summed E-state index contributed by atoms with van der Waals surface area (Å²) >= 11 is 0. The molecule has 76 valence electrons. The summed E-state index contributed by atoms with van der Waals surface area (Å²) in [6, 6.07) is 0. The van der Waals surface area contributed by atoms with E-state index in [1.807, 2.05) is 0 Å². The Hall–Kier alpha value is -1.65. The number of aryl methyl sites for hydroxylation is 2. The first-order valence-corrected chi connectivity index (χ1v) is 4.17. The van der Waals surface area contributed by atoms with Crippen molar-refractivity contribution in [2.75, 3.05) is 7.11 Å². The van der Waals surface area contributed by atoms with E-state index in [4.69, 9.17) is 0 Å². The number of rotatable bonds is 3. The molecule has 0 saturated carbocycles. The minimum atomic E-state index is -0.546. The number of esters is 1. The van der Waals surface area contributed by atoms with Crippen molar-refractivity contribution < 1.29 is 14.3 Å². The van der Waals surface area contributed by atoms with Gasteiger partial charge < -0.3 is 9.72 Å². The third-order valence-corrected chi connectivity index (χ3v) is 1.80. The van der Waals surface area contributed by atoms with Gasteiger partial charge in [-0.25, -0.2) is 4.98 Å². The van der Waals surface area contributed by atoms with Crippen LogP contribution in [0.25, 0.3) is 0 Å². The van der Waals surface area contributed by atoms with Crippen LogP contribution in [0, 0.1) is 13.8 Å². The Balaban J connectivity index is 2.79. The molecule has 0 spiro atoms. The summed E-state index contributed by atoms with van der Waals surface area (Å²) in [6.45, 7) is 3.49. The number of imidazole rings is 1. The van der Waals surface area contributed by atoms with Crippen molar-refractivity contribution in [2.24, 2.45) is 0 Å². The Bertz CT molecular complexity index is 368. The molecule has 0 fully saturated rings. The Morgan fingerprint density at radius 2 is 2.07 bits per heavy atom. The molecule has 0 aliphatic rings. The van der Waals surface area contributed by atoms with Crippen LogP contribution >= 0.6 is 0 Å². The molecule has 0 unspecified atom stereocenters. The van der Waals surface area contributed by atoms with Gasteiger partial charge in [0.1, 0.15) is 17.9 Å². The molecular formula is C9H12N2O3. The molecule has 1 rings (SSSR count). The Labute approximate surface area is 81.5 Å². The highest BCUT2D eigenvalue weighted by Gasteiger charge is 2.17. The van der Waals surface area contributed by atoms with Gasteiger partial charge in [-0.2, -0.15) is 0 Å². The van der Waals surface area contributed by atoms with Gasteiger partial charge in [-0.3, -0.25) is 9.59 Å². The number of Topliss-reactive ketones (excluding diaryl/α,β-unsaturated/α-hetero) is 1. The number of aromatic amines is 1. The first-order chi connectivity index (χ1) is 6.54. The second kappa shape index (κ2) is 4.04. The third-order valence-electron chi connectivity index (χ3n) is 1.80. The number of methoxy groups -OCH3 is 1. The lowest BCUT2D eigenvalue weighted by atomic mass is 10.2. The molecule has 0 radical (unpaired) electrons. The fourth-order valence-corrected chi connectivity index (χ4v) is 1.17. The van der Waals surface area contributed by atoms with Crippen LogP contribution in [-0.4, -0.2) is 28.8 Å². The predicted octanol–water partition coefficient (Wildman–Crippen LogP) is 0.772. The second-order valence-electron chi connectivity index (χ2n) is 2.97. The highest BCUT2D eigenvalue weighted by molar-refractivity contribution is 6.05. The van der Waals surface area contributed by atoms with Gasteiger partial charge in [0.15, 0.2) is 5.78 Å². The van der Waals surface area contributed by atoms with E-state index in [1.54, 1.807) is 13.8 Å². The van der Waals surface area contributed by atoms with Gasteiger partial charge >= 0.3 is 5.97 Å². The van der Waals surface area contributed by atoms with Crippen molar-refractivity contribution >= 4 is 11.8 Å². The van der Waals surface area contributed by atoms with Crippen molar-refractivity contribution in [1.29, 1.82) is 0 Å². The molecule has 14 heavy (non-hydrogen) atoms. The molecule has 1 N–H and O–H groups in total. The maximum Gasteiger partial charge on any atom is 0.313 e. The number of carbonyl (C=O) groups is 2. The second-order valence-corrected chi connectivity index (χ2v) is 2.97. The van der Waals surface area contributed by atoms with Gasteiger partial charge in [0.05, 0.1) is 7.11 Å². The van der Waals surface area contributed by atoms with E-state index in [0.29, 0.717) is 17.2 Å². The van der Waals surface area contributed by atoms with Crippen LogP contribution in [0.1, 0.15) is 28.4 Å². The number of H-pyrrole nitrogens is 1. The largest absolute Gasteiger partial charge is 0.469 e. The fraction of sp³-hybridized carbons (Fsp3) is 0.444. The third kappa shape index (κ3) is 2.18. The lowest BCUT2D eigenvalue weighted by molar-refractivity contribution is -0.139. The molecule has 0 bridgehead atoms. The highest BCUT2D eigenvalue weighted by Crippen LogP contribution is 2.07. The first-order valence-electron chi connectivity index (χ1n) is 4.17. The topological polar surface area (TPSA) is 72.1 Å². The van der Waals surface area contributed by atoms with Crippen LogP contribution in [0.3, 0.4) is 0 Å². The summed E-state index contributed by atoms with van der Waals surface area (Å²) in [6.07, 6.45) is -0.262. The van der Waals surface area contributed by atoms with Crippen molar-refractivity contribution in [2.45, 2.75) is 20.3 Å². The molecule has 0 aliphatic heterocycles. The molecule has 1 aromatic heterocycles. The molecule has 0 atom stereocenters. The smallest absolute Gasteiger partial charge is 0.313 e. The minimum Gasteiger partial charge on any atom is -0.469 e. The molecule has 5 nitrogen and oxygen atoms in total. The van der Waals surface area contributed by atoms with Gasteiger partial charge in [-0.1, -0.05) is 0 Å². The average Bonchev–Trinajstić information content (AvgIpc) is 2.45. The molecular weight excluding hydrogens is 184 g/mol. The lowest BCUT2D eigenvalue weighted by Crippen LogP contribution is -2.10. The molecule has 5 heteroatoms. The van der Waals surface area contributed by atoms with Crippen molar-refractivity contribution in [1.82, 2.24) is 9.97 Å². The van der Waals surface area contributed by atoms with E-state index in [0.717, 1.165) is 0 Å². The van der Waals surface area contributed by atoms with E-state index >= 15 is 0 Å². The zero-order valence-corrected chi connectivity index (χ0v) is 8.38. The van der Waals surface area contributed by atoms with Gasteiger partial charge in [0.25, 0.3) is 0 Å². The quantitative estimate of drug-likeness (QED) is 0.440. The number of aromatic nitrogens is 2. The number of nitrogens with zero attached hydrogens (tertiary/aromatic N) is 1. The Morgan fingerprint density at radius 3 is 2.50 bits per heavy atom. The Kier molecular flexibility index (Phi) is 3.01. The monoisotopic (exact) mass is 196 g/mol. The number of ether oxygens (including phenoxy) is 1. The van der Waals surface area contributed by atoms with Crippen molar-refractivity contribution in [3.8, 4) is 0 Å². The summed E-state index contributed by atoms with van der Waals surface area (Å²) in [5, 5.41) is 0. The van der Waals surface area contributed by atoms with Gasteiger partial charge in [0, 0.05) is 5.69 Å². The van der Waals surface area contributed by atoms with Gasteiger partial charge in [0.2, 0.25) is 0 Å². The maximum atomic E-state index is 11.5. The molecule has 0 aromatic carbocycles. The summed E-state index contributed by atoms with van der Waals surface area (Å²) in [5.41, 5.74) is 0.990. The predicted molar refractivity (Wildman–Crippen MR) is 49.0 cm³/mol. The number of ketones is 1. The first kappa shape index (κ1) is 10.4. The molecule has 1 aromatic rings. The maximum absolute atomic E-state index is 11.5. The number of hydrogen-bond acceptors (Lipinski definition) is 4. The van der Waals surface area contributed by atoms with E-state index in [-0.39, 0.29) is 12.2 Å². The SMILES string of the molecule is COC(=O)CC(=O)c1nc(C)[nH]c1C. The van der Waals surface area contributed by atoms with Crippen LogP contribution in [0.2, 0.25) is 0 Å². The minimum absolute atomic E-state index is 0.262. The van der Waals surface area contributed by atoms with Crippen LogP contribution < -0.4 is 0 Å². The normalized spacial score (nSPS) is 9.93. The summed E-state index contributed by atoms with van der Waals surface area (Å²) < 4.78 is 4.39. The average molecular weight is 196 g/mol. The van der Waals surface area contributed by atoms with E-state index < -0.39 is 5.97 Å². The van der Waals surface area contributed by atoms with Crippen molar-refractivity contribution in [3.05, 3.63) is 17.2 Å². The van der Waals surface area contributed by atoms with E-state index in [2.05, 4.69) is 14.7 Å². The molecule has 0 amide bonds. The zero-order valence-electron chi connectivity index (χ0n) is 8.38. The van der Waals surface area contributed by atoms with Crippen LogP contribution in [0.5, 0.6) is 0 Å². The number of hydrogen-bond donors (Lipinski definition) is 1. The fourth-order valence-electron chi connectivity index (χ4n) is 1.17. The zero-order chi connectivity index (χ0) is 10.7. The molecule has 0 aliphatic carbocycles.